The monoisotopic (exact) mass is 203 g/mol. The molecule has 0 amide bonds. The lowest BCUT2D eigenvalue weighted by Gasteiger charge is -2.28. The fraction of sp³-hybridized carbons (Fsp3) is 0.857. The lowest BCUT2D eigenvalue weighted by atomic mass is 10.6. The van der Waals surface area contributed by atoms with Crippen molar-refractivity contribution in [3.63, 3.8) is 0 Å². The van der Waals surface area contributed by atoms with Gasteiger partial charge in [0.05, 0.1) is 6.07 Å². The van der Waals surface area contributed by atoms with Crippen molar-refractivity contribution in [3.05, 3.63) is 0 Å². The Bertz CT molecular complexity index is 181. The predicted octanol–water partition coefficient (Wildman–Crippen LogP) is 1.82. The van der Waals surface area contributed by atoms with Gasteiger partial charge in [0.15, 0.2) is 8.32 Å². The largest absolute Gasteiger partial charge is 0.436 e. The van der Waals surface area contributed by atoms with Gasteiger partial charge in [-0.1, -0.05) is 0 Å². The maximum absolute atomic E-state index is 9.78. The van der Waals surface area contributed by atoms with Gasteiger partial charge in [0.1, 0.15) is 0 Å². The summed E-state index contributed by atoms with van der Waals surface area (Å²) in [6.07, 6.45) is 0.393. The number of nitriles is 1. The lowest BCUT2D eigenvalue weighted by Crippen LogP contribution is -2.44. The van der Waals surface area contributed by atoms with Gasteiger partial charge in [0.2, 0.25) is 0 Å². The maximum Gasteiger partial charge on any atom is 0.322 e. The number of rotatable bonds is 4. The predicted molar refractivity (Wildman–Crippen MR) is 53.3 cm³/mol. The van der Waals surface area contributed by atoms with Crippen molar-refractivity contribution in [1.82, 2.24) is 0 Å². The molecule has 0 aromatic heterocycles. The van der Waals surface area contributed by atoms with Gasteiger partial charge >= 0.3 is 8.56 Å². The van der Waals surface area contributed by atoms with Crippen LogP contribution >= 0.6 is 0 Å². The zero-order valence-corrected chi connectivity index (χ0v) is 10.2. The molecule has 70 valence electrons. The van der Waals surface area contributed by atoms with E-state index in [0.717, 1.165) is 0 Å². The Morgan fingerprint density at radius 2 is 1.83 bits per heavy atom. The van der Waals surface area contributed by atoms with E-state index < -0.39 is 16.9 Å². The molecular formula is C7H17NO2Si2. The zero-order valence-electron chi connectivity index (χ0n) is 8.22. The topological polar surface area (TPSA) is 53.2 Å². The zero-order chi connectivity index (χ0) is 9.83. The molecule has 0 bridgehead atoms. The van der Waals surface area contributed by atoms with Crippen LogP contribution in [0.15, 0.2) is 0 Å². The van der Waals surface area contributed by atoms with Crippen molar-refractivity contribution in [2.45, 2.75) is 38.7 Å². The first kappa shape index (κ1) is 11.8. The summed E-state index contributed by atoms with van der Waals surface area (Å²) in [5, 5.41) is 8.34. The van der Waals surface area contributed by atoms with E-state index >= 15 is 0 Å². The fourth-order valence-corrected chi connectivity index (χ4v) is 7.26. The van der Waals surface area contributed by atoms with Gasteiger partial charge in [-0.3, -0.25) is 0 Å². The molecule has 0 aromatic carbocycles. The van der Waals surface area contributed by atoms with Crippen LogP contribution in [0.25, 0.3) is 0 Å². The molecule has 0 aliphatic carbocycles. The Morgan fingerprint density at radius 3 is 2.17 bits per heavy atom. The van der Waals surface area contributed by atoms with Crippen LogP contribution < -0.4 is 0 Å². The van der Waals surface area contributed by atoms with E-state index in [1.54, 1.807) is 6.55 Å². The third-order valence-electron chi connectivity index (χ3n) is 1.23. The summed E-state index contributed by atoms with van der Waals surface area (Å²) >= 11 is 0. The highest BCUT2D eigenvalue weighted by Gasteiger charge is 2.32. The Hall–Kier alpha value is -0.156. The van der Waals surface area contributed by atoms with Crippen molar-refractivity contribution in [1.29, 1.82) is 5.26 Å². The molecule has 0 aromatic rings. The highest BCUT2D eigenvalue weighted by molar-refractivity contribution is 6.81. The minimum Gasteiger partial charge on any atom is -0.436 e. The second-order valence-electron chi connectivity index (χ2n) is 4.05. The SMILES string of the molecule is C[Si](C)(C)O[Si](C)(O)CCC#N. The second kappa shape index (κ2) is 4.19. The summed E-state index contributed by atoms with van der Waals surface area (Å²) in [6, 6.07) is 2.54. The summed E-state index contributed by atoms with van der Waals surface area (Å²) in [4.78, 5) is 9.78. The van der Waals surface area contributed by atoms with Crippen molar-refractivity contribution < 1.29 is 8.91 Å². The van der Waals surface area contributed by atoms with Crippen molar-refractivity contribution >= 4 is 16.9 Å². The molecule has 3 nitrogen and oxygen atoms in total. The smallest absolute Gasteiger partial charge is 0.322 e. The highest BCUT2D eigenvalue weighted by atomic mass is 28.4. The maximum atomic E-state index is 9.78. The van der Waals surface area contributed by atoms with Crippen LogP contribution in [0.2, 0.25) is 32.2 Å². The summed E-state index contributed by atoms with van der Waals surface area (Å²) in [5.41, 5.74) is 0. The molecule has 0 fully saturated rings. The van der Waals surface area contributed by atoms with E-state index in [4.69, 9.17) is 9.38 Å². The molecule has 0 aliphatic heterocycles. The van der Waals surface area contributed by atoms with Crippen LogP contribution in [0, 0.1) is 11.3 Å². The first-order valence-electron chi connectivity index (χ1n) is 4.06. The van der Waals surface area contributed by atoms with E-state index in [9.17, 15) is 4.80 Å². The standard InChI is InChI=1S/C7H17NO2Si2/c1-11(2,3)10-12(4,9)7-5-6-8/h9H,5,7H2,1-4H3. The van der Waals surface area contributed by atoms with Crippen LogP contribution in [0.4, 0.5) is 0 Å². The average Bonchev–Trinajstić information content (AvgIpc) is 1.78. The second-order valence-corrected chi connectivity index (χ2v) is 11.9. The molecule has 1 N–H and O–H groups in total. The van der Waals surface area contributed by atoms with Crippen molar-refractivity contribution in [2.75, 3.05) is 0 Å². The summed E-state index contributed by atoms with van der Waals surface area (Å²) in [5.74, 6) is 0. The van der Waals surface area contributed by atoms with Crippen LogP contribution in [0.3, 0.4) is 0 Å². The van der Waals surface area contributed by atoms with Gasteiger partial charge in [-0.25, -0.2) is 0 Å². The molecule has 1 unspecified atom stereocenters. The molecule has 0 heterocycles. The average molecular weight is 203 g/mol. The quantitative estimate of drug-likeness (QED) is 0.709. The Morgan fingerprint density at radius 1 is 1.33 bits per heavy atom. The normalized spacial score (nSPS) is 16.7. The first-order valence-corrected chi connectivity index (χ1v) is 10.0. The lowest BCUT2D eigenvalue weighted by molar-refractivity contribution is 0.377. The van der Waals surface area contributed by atoms with Crippen molar-refractivity contribution in [2.24, 2.45) is 0 Å². The number of hydrogen-bond acceptors (Lipinski definition) is 3. The summed E-state index contributed by atoms with van der Waals surface area (Å²) < 4.78 is 5.61. The van der Waals surface area contributed by atoms with E-state index in [1.165, 1.54) is 0 Å². The van der Waals surface area contributed by atoms with Gasteiger partial charge in [-0.2, -0.15) is 5.26 Å². The third kappa shape index (κ3) is 6.55. The minimum absolute atomic E-state index is 0.393. The summed E-state index contributed by atoms with van der Waals surface area (Å²) in [6.45, 7) is 7.88. The van der Waals surface area contributed by atoms with Gasteiger partial charge in [-0.05, 0) is 26.2 Å². The minimum atomic E-state index is -2.52. The fourth-order valence-electron chi connectivity index (χ4n) is 0.998. The number of nitrogens with zero attached hydrogens (tertiary/aromatic N) is 1. The van der Waals surface area contributed by atoms with Crippen LogP contribution in [0.5, 0.6) is 0 Å². The molecule has 12 heavy (non-hydrogen) atoms. The molecule has 0 aliphatic rings. The molecule has 0 radical (unpaired) electrons. The molecule has 0 saturated heterocycles. The first-order chi connectivity index (χ1) is 5.27. The molecule has 0 saturated carbocycles. The van der Waals surface area contributed by atoms with Crippen LogP contribution in [-0.4, -0.2) is 21.7 Å². The van der Waals surface area contributed by atoms with Gasteiger partial charge < -0.3 is 8.91 Å². The Balaban J connectivity index is 3.97. The number of hydrogen-bond donors (Lipinski definition) is 1. The van der Waals surface area contributed by atoms with Gasteiger partial charge in [-0.15, -0.1) is 0 Å². The van der Waals surface area contributed by atoms with Gasteiger partial charge in [0.25, 0.3) is 0 Å². The van der Waals surface area contributed by atoms with Crippen LogP contribution in [-0.2, 0) is 4.12 Å². The molecule has 0 rings (SSSR count). The molecule has 1 atom stereocenters. The Kier molecular flexibility index (Phi) is 4.13. The molecule has 0 spiro atoms. The highest BCUT2D eigenvalue weighted by Crippen LogP contribution is 2.16. The molecular weight excluding hydrogens is 186 g/mol. The van der Waals surface area contributed by atoms with Gasteiger partial charge in [0, 0.05) is 12.5 Å². The third-order valence-corrected chi connectivity index (χ3v) is 6.61. The summed E-state index contributed by atoms with van der Waals surface area (Å²) in [7, 11) is -4.16. The van der Waals surface area contributed by atoms with E-state index in [1.807, 2.05) is 25.7 Å². The van der Waals surface area contributed by atoms with E-state index in [2.05, 4.69) is 0 Å². The van der Waals surface area contributed by atoms with E-state index in [-0.39, 0.29) is 0 Å². The Labute approximate surface area is 76.4 Å². The molecule has 5 heteroatoms. The van der Waals surface area contributed by atoms with E-state index in [0.29, 0.717) is 12.5 Å². The van der Waals surface area contributed by atoms with Crippen LogP contribution in [0.1, 0.15) is 6.42 Å². The van der Waals surface area contributed by atoms with Crippen molar-refractivity contribution in [3.8, 4) is 6.07 Å².